The third kappa shape index (κ3) is 2.62. The molecule has 1 heterocycles. The van der Waals surface area contributed by atoms with Crippen LogP contribution in [0.5, 0.6) is 0 Å². The minimum absolute atomic E-state index is 0.173. The van der Waals surface area contributed by atoms with Crippen LogP contribution in [0.15, 0.2) is 15.8 Å². The lowest BCUT2D eigenvalue weighted by atomic mass is 10.0. The minimum atomic E-state index is -0.792. The predicted molar refractivity (Wildman–Crippen MR) is 60.9 cm³/mol. The summed E-state index contributed by atoms with van der Waals surface area (Å²) in [5.41, 5.74) is -2.39. The maximum atomic E-state index is 12.0. The summed E-state index contributed by atoms with van der Waals surface area (Å²) >= 11 is 0. The molecule has 3 N–H and O–H groups in total. The number of nitrogens with one attached hydrogen (secondary N) is 2. The Labute approximate surface area is 97.1 Å². The number of carbonyl (C=O) groups excluding carboxylic acids is 1. The van der Waals surface area contributed by atoms with Crippen LogP contribution in [-0.4, -0.2) is 45.1 Å². The molecule has 0 saturated heterocycles. The number of likely N-dealkylation sites (N-methyl/N-ethyl adjacent to an activating group) is 1. The van der Waals surface area contributed by atoms with E-state index in [1.54, 1.807) is 13.8 Å². The van der Waals surface area contributed by atoms with Crippen molar-refractivity contribution in [1.29, 1.82) is 0 Å². The molecule has 7 heteroatoms. The Hall–Kier alpha value is -1.89. The highest BCUT2D eigenvalue weighted by Gasteiger charge is 2.28. The molecule has 0 radical (unpaired) electrons. The second kappa shape index (κ2) is 4.54. The SMILES string of the molecule is CN(C(=O)c1c[nH]c(=O)[nH]c1=O)C(C)(C)CO. The molecule has 1 amide bonds. The van der Waals surface area contributed by atoms with Crippen LogP contribution >= 0.6 is 0 Å². The molecule has 94 valence electrons. The second-order valence-electron chi connectivity index (χ2n) is 4.32. The molecule has 0 fully saturated rings. The molecule has 0 aliphatic rings. The van der Waals surface area contributed by atoms with E-state index in [0.29, 0.717) is 0 Å². The largest absolute Gasteiger partial charge is 0.394 e. The van der Waals surface area contributed by atoms with E-state index >= 15 is 0 Å². The van der Waals surface area contributed by atoms with E-state index in [-0.39, 0.29) is 12.2 Å². The van der Waals surface area contributed by atoms with Gasteiger partial charge in [-0.25, -0.2) is 4.79 Å². The number of aromatic amines is 2. The number of carbonyl (C=O) groups is 1. The van der Waals surface area contributed by atoms with Gasteiger partial charge in [-0.2, -0.15) is 0 Å². The molecule has 1 aromatic heterocycles. The summed E-state index contributed by atoms with van der Waals surface area (Å²) in [7, 11) is 1.48. The first-order chi connectivity index (χ1) is 7.79. The number of aliphatic hydroxyl groups excluding tert-OH is 1. The van der Waals surface area contributed by atoms with Crippen molar-refractivity contribution in [3.63, 3.8) is 0 Å². The fraction of sp³-hybridized carbons (Fsp3) is 0.500. The first-order valence-corrected chi connectivity index (χ1v) is 5.00. The maximum Gasteiger partial charge on any atom is 0.325 e. The molecule has 0 bridgehead atoms. The molecule has 0 saturated carbocycles. The van der Waals surface area contributed by atoms with Crippen LogP contribution in [0.3, 0.4) is 0 Å². The van der Waals surface area contributed by atoms with Gasteiger partial charge in [-0.1, -0.05) is 0 Å². The van der Waals surface area contributed by atoms with Gasteiger partial charge in [-0.15, -0.1) is 0 Å². The molecule has 0 aromatic carbocycles. The lowest BCUT2D eigenvalue weighted by molar-refractivity contribution is 0.0471. The Morgan fingerprint density at radius 1 is 1.47 bits per heavy atom. The molecular formula is C10H15N3O4. The Morgan fingerprint density at radius 3 is 2.53 bits per heavy atom. The highest BCUT2D eigenvalue weighted by atomic mass is 16.3. The van der Waals surface area contributed by atoms with E-state index in [0.717, 1.165) is 6.20 Å². The van der Waals surface area contributed by atoms with Crippen LogP contribution in [-0.2, 0) is 0 Å². The van der Waals surface area contributed by atoms with Gasteiger partial charge < -0.3 is 15.0 Å². The summed E-state index contributed by atoms with van der Waals surface area (Å²) < 4.78 is 0. The van der Waals surface area contributed by atoms with Gasteiger partial charge in [0.1, 0.15) is 5.56 Å². The third-order valence-corrected chi connectivity index (χ3v) is 2.65. The summed E-state index contributed by atoms with van der Waals surface area (Å²) in [5, 5.41) is 9.14. The van der Waals surface area contributed by atoms with Gasteiger partial charge >= 0.3 is 5.69 Å². The molecule has 0 aliphatic heterocycles. The van der Waals surface area contributed by atoms with Gasteiger partial charge in [0.05, 0.1) is 12.1 Å². The maximum absolute atomic E-state index is 12.0. The van der Waals surface area contributed by atoms with Crippen molar-refractivity contribution in [2.75, 3.05) is 13.7 Å². The third-order valence-electron chi connectivity index (χ3n) is 2.65. The predicted octanol–water partition coefficient (Wildman–Crippen LogP) is -1.09. The molecule has 0 unspecified atom stereocenters. The monoisotopic (exact) mass is 241 g/mol. The summed E-state index contributed by atoms with van der Waals surface area (Å²) in [6.07, 6.45) is 1.06. The van der Waals surface area contributed by atoms with Crippen LogP contribution < -0.4 is 11.2 Å². The lowest BCUT2D eigenvalue weighted by Crippen LogP contribution is -2.49. The van der Waals surface area contributed by atoms with Crippen molar-refractivity contribution < 1.29 is 9.90 Å². The fourth-order valence-electron chi connectivity index (χ4n) is 1.13. The number of aromatic nitrogens is 2. The molecule has 1 aromatic rings. The average Bonchev–Trinajstić information content (AvgIpc) is 2.27. The van der Waals surface area contributed by atoms with Crippen molar-refractivity contribution in [3.05, 3.63) is 32.6 Å². The first kappa shape index (κ1) is 13.2. The Bertz CT molecular complexity index is 529. The number of aliphatic hydroxyl groups is 1. The van der Waals surface area contributed by atoms with E-state index in [1.807, 2.05) is 4.98 Å². The van der Waals surface area contributed by atoms with Gasteiger partial charge in [-0.3, -0.25) is 14.6 Å². The van der Waals surface area contributed by atoms with Crippen LogP contribution in [0, 0.1) is 0 Å². The van der Waals surface area contributed by atoms with Crippen molar-refractivity contribution in [1.82, 2.24) is 14.9 Å². The van der Waals surface area contributed by atoms with Crippen molar-refractivity contribution in [2.24, 2.45) is 0 Å². The van der Waals surface area contributed by atoms with Gasteiger partial charge in [0.25, 0.3) is 11.5 Å². The highest BCUT2D eigenvalue weighted by Crippen LogP contribution is 2.12. The van der Waals surface area contributed by atoms with Crippen molar-refractivity contribution in [2.45, 2.75) is 19.4 Å². The fourth-order valence-corrected chi connectivity index (χ4v) is 1.13. The van der Waals surface area contributed by atoms with Gasteiger partial charge in [0.15, 0.2) is 0 Å². The van der Waals surface area contributed by atoms with E-state index in [2.05, 4.69) is 4.98 Å². The highest BCUT2D eigenvalue weighted by molar-refractivity contribution is 5.93. The normalized spacial score (nSPS) is 11.3. The number of rotatable bonds is 3. The Morgan fingerprint density at radius 2 is 2.06 bits per heavy atom. The Kier molecular flexibility index (Phi) is 3.52. The average molecular weight is 241 g/mol. The quantitative estimate of drug-likeness (QED) is 0.624. The summed E-state index contributed by atoms with van der Waals surface area (Å²) in [5.74, 6) is -0.568. The van der Waals surface area contributed by atoms with Crippen LogP contribution in [0.1, 0.15) is 24.2 Å². The summed E-state index contributed by atoms with van der Waals surface area (Å²) in [4.78, 5) is 39.6. The minimum Gasteiger partial charge on any atom is -0.394 e. The summed E-state index contributed by atoms with van der Waals surface area (Å²) in [6, 6.07) is 0. The molecule has 0 spiro atoms. The number of nitrogens with zero attached hydrogens (tertiary/aromatic N) is 1. The summed E-state index contributed by atoms with van der Waals surface area (Å²) in [6.45, 7) is 3.08. The first-order valence-electron chi connectivity index (χ1n) is 5.00. The molecule has 1 rings (SSSR count). The standard InChI is InChI=1S/C10H15N3O4/c1-10(2,5-14)13(3)8(16)6-4-11-9(17)12-7(6)15/h4,14H,5H2,1-3H3,(H2,11,12,15,17). The van der Waals surface area contributed by atoms with Crippen LogP contribution in [0.4, 0.5) is 0 Å². The number of H-pyrrole nitrogens is 2. The van der Waals surface area contributed by atoms with Crippen LogP contribution in [0.25, 0.3) is 0 Å². The van der Waals surface area contributed by atoms with Crippen LogP contribution in [0.2, 0.25) is 0 Å². The molecular weight excluding hydrogens is 226 g/mol. The number of hydrogen-bond acceptors (Lipinski definition) is 4. The molecule has 0 aliphatic carbocycles. The lowest BCUT2D eigenvalue weighted by Gasteiger charge is -2.33. The smallest absolute Gasteiger partial charge is 0.325 e. The van der Waals surface area contributed by atoms with Gasteiger partial charge in [0.2, 0.25) is 0 Å². The Balaban J connectivity index is 3.14. The molecule has 17 heavy (non-hydrogen) atoms. The second-order valence-corrected chi connectivity index (χ2v) is 4.32. The molecule has 0 atom stereocenters. The van der Waals surface area contributed by atoms with Gasteiger partial charge in [-0.05, 0) is 13.8 Å². The van der Waals surface area contributed by atoms with Gasteiger partial charge in [0, 0.05) is 13.2 Å². The van der Waals surface area contributed by atoms with E-state index in [9.17, 15) is 14.4 Å². The topological polar surface area (TPSA) is 106 Å². The number of hydrogen-bond donors (Lipinski definition) is 3. The van der Waals surface area contributed by atoms with E-state index in [4.69, 9.17) is 5.11 Å². The van der Waals surface area contributed by atoms with Crippen molar-refractivity contribution in [3.8, 4) is 0 Å². The van der Waals surface area contributed by atoms with E-state index < -0.39 is 22.7 Å². The van der Waals surface area contributed by atoms with E-state index in [1.165, 1.54) is 11.9 Å². The van der Waals surface area contributed by atoms with Crippen molar-refractivity contribution >= 4 is 5.91 Å². The number of amides is 1. The zero-order valence-electron chi connectivity index (χ0n) is 9.90. The zero-order chi connectivity index (χ0) is 13.2. The molecule has 7 nitrogen and oxygen atoms in total. The zero-order valence-corrected chi connectivity index (χ0v) is 9.90.